The summed E-state index contributed by atoms with van der Waals surface area (Å²) in [6, 6.07) is 0.354. The van der Waals surface area contributed by atoms with Gasteiger partial charge in [-0.1, -0.05) is 13.8 Å². The van der Waals surface area contributed by atoms with Crippen molar-refractivity contribution >= 4 is 5.97 Å². The second-order valence-electron chi connectivity index (χ2n) is 5.80. The highest BCUT2D eigenvalue weighted by Gasteiger charge is 2.28. The van der Waals surface area contributed by atoms with Crippen molar-refractivity contribution in [3.8, 4) is 5.75 Å². The summed E-state index contributed by atoms with van der Waals surface area (Å²) in [7, 11) is 1.72. The summed E-state index contributed by atoms with van der Waals surface area (Å²) >= 11 is 0. The molecule has 1 atom stereocenters. The minimum Gasteiger partial charge on any atom is -0.503 e. The van der Waals surface area contributed by atoms with Gasteiger partial charge in [0.05, 0.1) is 12.3 Å². The number of aliphatic hydroxyl groups is 1. The van der Waals surface area contributed by atoms with Crippen molar-refractivity contribution in [3.05, 3.63) is 27.7 Å². The number of pyridine rings is 1. The molecular formula is C15H24N2O5. The third kappa shape index (κ3) is 3.86. The Labute approximate surface area is 129 Å². The summed E-state index contributed by atoms with van der Waals surface area (Å²) in [6.07, 6.45) is 0. The summed E-state index contributed by atoms with van der Waals surface area (Å²) in [5.41, 5.74) is 0.201. The quantitative estimate of drug-likeness (QED) is 0.680. The molecule has 0 bridgehead atoms. The van der Waals surface area contributed by atoms with Crippen molar-refractivity contribution in [3.63, 3.8) is 0 Å². The Hall–Kier alpha value is -1.86. The molecule has 0 saturated carbocycles. The van der Waals surface area contributed by atoms with Gasteiger partial charge in [-0.25, -0.2) is 4.79 Å². The van der Waals surface area contributed by atoms with Crippen molar-refractivity contribution in [2.75, 3.05) is 20.2 Å². The van der Waals surface area contributed by atoms with Crippen LogP contribution in [-0.4, -0.2) is 51.0 Å². The molecule has 22 heavy (non-hydrogen) atoms. The van der Waals surface area contributed by atoms with Crippen LogP contribution < -0.4 is 5.43 Å². The van der Waals surface area contributed by atoms with E-state index in [1.54, 1.807) is 32.7 Å². The van der Waals surface area contributed by atoms with E-state index in [9.17, 15) is 19.8 Å². The maximum Gasteiger partial charge on any atom is 0.326 e. The van der Waals surface area contributed by atoms with Gasteiger partial charge in [0, 0.05) is 24.8 Å². The summed E-state index contributed by atoms with van der Waals surface area (Å²) in [4.78, 5) is 25.2. The first-order valence-corrected chi connectivity index (χ1v) is 7.16. The molecule has 0 aliphatic rings. The Balaban J connectivity index is 3.51. The Morgan fingerprint density at radius 2 is 2.00 bits per heavy atom. The highest BCUT2D eigenvalue weighted by atomic mass is 16.4. The largest absolute Gasteiger partial charge is 0.503 e. The molecule has 0 fully saturated rings. The first kappa shape index (κ1) is 18.2. The Morgan fingerprint density at radius 3 is 2.45 bits per heavy atom. The smallest absolute Gasteiger partial charge is 0.326 e. The number of carboxylic acid groups (broad SMARTS) is 1. The van der Waals surface area contributed by atoms with Crippen LogP contribution in [-0.2, 0) is 11.3 Å². The van der Waals surface area contributed by atoms with Crippen molar-refractivity contribution in [2.24, 2.45) is 5.92 Å². The molecule has 0 amide bonds. The lowest BCUT2D eigenvalue weighted by Crippen LogP contribution is -2.32. The minimum atomic E-state index is -1.02. The molecule has 7 heteroatoms. The molecule has 3 N–H and O–H groups in total. The number of aryl methyl sites for hydroxylation is 1. The van der Waals surface area contributed by atoms with Gasteiger partial charge >= 0.3 is 5.97 Å². The monoisotopic (exact) mass is 312 g/mol. The van der Waals surface area contributed by atoms with E-state index in [1.807, 2.05) is 0 Å². The lowest BCUT2D eigenvalue weighted by Gasteiger charge is -2.28. The van der Waals surface area contributed by atoms with E-state index in [1.165, 1.54) is 10.6 Å². The Kier molecular flexibility index (Phi) is 6.13. The Bertz CT molecular complexity index is 594. The maximum atomic E-state index is 11.8. The third-order valence-electron chi connectivity index (χ3n) is 3.58. The number of hydrogen-bond acceptors (Lipinski definition) is 5. The maximum absolute atomic E-state index is 11.8. The number of carbonyl (C=O) groups is 1. The zero-order valence-corrected chi connectivity index (χ0v) is 13.4. The predicted molar refractivity (Wildman–Crippen MR) is 82.0 cm³/mol. The van der Waals surface area contributed by atoms with E-state index in [0.717, 1.165) is 0 Å². The number of aliphatic carboxylic acids is 1. The van der Waals surface area contributed by atoms with E-state index < -0.39 is 23.2 Å². The van der Waals surface area contributed by atoms with Crippen LogP contribution in [0, 0.1) is 12.8 Å². The summed E-state index contributed by atoms with van der Waals surface area (Å²) < 4.78 is 1.50. The van der Waals surface area contributed by atoms with Crippen LogP contribution >= 0.6 is 0 Å². The average molecular weight is 312 g/mol. The zero-order valence-electron chi connectivity index (χ0n) is 13.4. The molecule has 0 spiro atoms. The van der Waals surface area contributed by atoms with Gasteiger partial charge < -0.3 is 19.9 Å². The number of aromatic hydroxyl groups is 1. The van der Waals surface area contributed by atoms with Gasteiger partial charge in [0.25, 0.3) is 0 Å². The van der Waals surface area contributed by atoms with Crippen LogP contribution in [0.4, 0.5) is 0 Å². The second-order valence-corrected chi connectivity index (χ2v) is 5.80. The molecule has 1 unspecified atom stereocenters. The molecule has 1 aromatic rings. The van der Waals surface area contributed by atoms with Crippen LogP contribution in [0.3, 0.4) is 0 Å². The summed E-state index contributed by atoms with van der Waals surface area (Å²) in [5.74, 6) is -1.69. The third-order valence-corrected chi connectivity index (χ3v) is 3.58. The average Bonchev–Trinajstić information content (AvgIpc) is 2.39. The minimum absolute atomic E-state index is 0.0696. The molecule has 1 rings (SSSR count). The highest BCUT2D eigenvalue weighted by molar-refractivity contribution is 5.72. The lowest BCUT2D eigenvalue weighted by molar-refractivity contribution is -0.142. The van der Waals surface area contributed by atoms with Crippen molar-refractivity contribution < 1.29 is 20.1 Å². The molecule has 124 valence electrons. The first-order valence-electron chi connectivity index (χ1n) is 7.16. The first-order chi connectivity index (χ1) is 10.2. The highest BCUT2D eigenvalue weighted by Crippen LogP contribution is 2.26. The number of likely N-dealkylation sites (N-methyl/N-ethyl adjacent to an activating group) is 1. The lowest BCUT2D eigenvalue weighted by atomic mass is 10.0. The number of aliphatic hydroxyl groups excluding tert-OH is 1. The number of hydrogen-bond donors (Lipinski definition) is 3. The normalized spacial score (nSPS) is 12.9. The van der Waals surface area contributed by atoms with E-state index in [2.05, 4.69) is 0 Å². The van der Waals surface area contributed by atoms with Crippen molar-refractivity contribution in [1.29, 1.82) is 0 Å². The van der Waals surface area contributed by atoms with Crippen molar-refractivity contribution in [2.45, 2.75) is 33.4 Å². The van der Waals surface area contributed by atoms with Crippen LogP contribution in [0.2, 0.25) is 0 Å². The van der Waals surface area contributed by atoms with Gasteiger partial charge in [-0.05, 0) is 19.9 Å². The number of carboxylic acids is 1. The summed E-state index contributed by atoms with van der Waals surface area (Å²) in [5, 5.41) is 28.6. The summed E-state index contributed by atoms with van der Waals surface area (Å²) in [6.45, 7) is 5.64. The van der Waals surface area contributed by atoms with Crippen LogP contribution in [0.15, 0.2) is 10.9 Å². The molecule has 0 aliphatic heterocycles. The number of rotatable bonds is 7. The molecular weight excluding hydrogens is 288 g/mol. The van der Waals surface area contributed by atoms with Crippen LogP contribution in [0.25, 0.3) is 0 Å². The zero-order chi connectivity index (χ0) is 17.0. The fraction of sp³-hybridized carbons (Fsp3) is 0.600. The second kappa shape index (κ2) is 7.42. The van der Waals surface area contributed by atoms with Gasteiger partial charge in [0.1, 0.15) is 6.04 Å². The van der Waals surface area contributed by atoms with E-state index in [0.29, 0.717) is 12.2 Å². The van der Waals surface area contributed by atoms with Gasteiger partial charge in [-0.2, -0.15) is 0 Å². The SMILES string of the molecule is Cc1cc(=O)c(O)c(CN(C)CCO)n1C(C(=O)O)C(C)C. The van der Waals surface area contributed by atoms with Gasteiger partial charge in [-0.3, -0.25) is 9.69 Å². The topological polar surface area (TPSA) is 103 Å². The van der Waals surface area contributed by atoms with Crippen LogP contribution in [0.1, 0.15) is 31.3 Å². The van der Waals surface area contributed by atoms with Gasteiger partial charge in [-0.15, -0.1) is 0 Å². The molecule has 0 aliphatic carbocycles. The van der Waals surface area contributed by atoms with Crippen LogP contribution in [0.5, 0.6) is 5.75 Å². The fourth-order valence-corrected chi connectivity index (χ4v) is 2.53. The Morgan fingerprint density at radius 1 is 1.41 bits per heavy atom. The molecule has 1 heterocycles. The number of aromatic nitrogens is 1. The van der Waals surface area contributed by atoms with Gasteiger partial charge in [0.15, 0.2) is 5.75 Å². The molecule has 0 radical (unpaired) electrons. The molecule has 0 aromatic carbocycles. The molecule has 0 saturated heterocycles. The van der Waals surface area contributed by atoms with E-state index in [-0.39, 0.29) is 24.8 Å². The molecule has 1 aromatic heterocycles. The predicted octanol–water partition coefficient (Wildman–Crippen LogP) is 0.568. The standard InChI is InChI=1S/C15H24N2O5/c1-9(2)13(15(21)22)17-10(3)7-12(19)14(20)11(17)8-16(4)5-6-18/h7,9,13,18,20H,5-6,8H2,1-4H3,(H,21,22). The number of nitrogens with zero attached hydrogens (tertiary/aromatic N) is 2. The van der Waals surface area contributed by atoms with Gasteiger partial charge in [0.2, 0.25) is 5.43 Å². The fourth-order valence-electron chi connectivity index (χ4n) is 2.53. The van der Waals surface area contributed by atoms with Crippen molar-refractivity contribution in [1.82, 2.24) is 9.47 Å². The van der Waals surface area contributed by atoms with E-state index in [4.69, 9.17) is 5.11 Å². The molecule has 7 nitrogen and oxygen atoms in total. The van der Waals surface area contributed by atoms with E-state index >= 15 is 0 Å².